The molecule has 0 bridgehead atoms. The van der Waals surface area contributed by atoms with E-state index in [-0.39, 0.29) is 18.6 Å². The summed E-state index contributed by atoms with van der Waals surface area (Å²) in [6, 6.07) is 3.70. The van der Waals surface area contributed by atoms with Crippen LogP contribution in [0.1, 0.15) is 17.5 Å². The number of amides is 1. The topological polar surface area (TPSA) is 38.8 Å². The van der Waals surface area contributed by atoms with E-state index in [4.69, 9.17) is 21.1 Å². The summed E-state index contributed by atoms with van der Waals surface area (Å²) in [5.74, 6) is 0.676. The van der Waals surface area contributed by atoms with Gasteiger partial charge in [-0.25, -0.2) is 0 Å². The van der Waals surface area contributed by atoms with Gasteiger partial charge in [0.15, 0.2) is 6.61 Å². The van der Waals surface area contributed by atoms with Crippen LogP contribution in [0.2, 0.25) is 5.02 Å². The molecule has 1 aliphatic rings. The molecule has 1 amide bonds. The van der Waals surface area contributed by atoms with Crippen LogP contribution >= 0.6 is 11.6 Å². The molecule has 1 aromatic rings. The van der Waals surface area contributed by atoms with E-state index >= 15 is 0 Å². The molecule has 0 aliphatic carbocycles. The Hall–Kier alpha value is -1.26. The summed E-state index contributed by atoms with van der Waals surface area (Å²) in [5.41, 5.74) is 1.91. The number of aryl methyl sites for hydroxylation is 2. The van der Waals surface area contributed by atoms with Crippen molar-refractivity contribution in [2.45, 2.75) is 26.4 Å². The average Bonchev–Trinajstić information content (AvgIpc) is 2.91. The number of benzene rings is 1. The van der Waals surface area contributed by atoms with E-state index in [1.807, 2.05) is 26.0 Å². The molecule has 110 valence electrons. The Kier molecular flexibility index (Phi) is 4.89. The highest BCUT2D eigenvalue weighted by Gasteiger charge is 2.26. The molecule has 1 aliphatic heterocycles. The first kappa shape index (κ1) is 15.1. The minimum atomic E-state index is -0.00481. The summed E-state index contributed by atoms with van der Waals surface area (Å²) in [5, 5.41) is 0.742. The van der Waals surface area contributed by atoms with Crippen LogP contribution in [-0.4, -0.2) is 43.7 Å². The Labute approximate surface area is 124 Å². The molecule has 0 spiro atoms. The highest BCUT2D eigenvalue weighted by molar-refractivity contribution is 6.32. The Morgan fingerprint density at radius 1 is 1.40 bits per heavy atom. The monoisotopic (exact) mass is 297 g/mol. The van der Waals surface area contributed by atoms with Gasteiger partial charge in [-0.15, -0.1) is 0 Å². The Morgan fingerprint density at radius 3 is 2.60 bits per heavy atom. The fraction of sp³-hybridized carbons (Fsp3) is 0.533. The molecule has 0 radical (unpaired) electrons. The van der Waals surface area contributed by atoms with E-state index in [1.165, 1.54) is 0 Å². The summed E-state index contributed by atoms with van der Waals surface area (Å²) in [7, 11) is 1.68. The van der Waals surface area contributed by atoms with Crippen molar-refractivity contribution >= 4 is 17.5 Å². The molecule has 5 heteroatoms. The van der Waals surface area contributed by atoms with Gasteiger partial charge < -0.3 is 14.4 Å². The zero-order valence-corrected chi connectivity index (χ0v) is 12.9. The van der Waals surface area contributed by atoms with Gasteiger partial charge in [0.1, 0.15) is 5.75 Å². The Bertz CT molecular complexity index is 481. The maximum absolute atomic E-state index is 12.0. The standard InChI is InChI=1S/C15H20ClNO3/c1-10-6-13(7-11(2)15(10)16)20-9-14(18)17-5-4-12(8-17)19-3/h6-7,12H,4-5,8-9H2,1-3H3. The number of rotatable bonds is 4. The molecule has 1 saturated heterocycles. The predicted octanol–water partition coefficient (Wildman–Crippen LogP) is 2.58. The van der Waals surface area contributed by atoms with Gasteiger partial charge in [-0.3, -0.25) is 4.79 Å². The highest BCUT2D eigenvalue weighted by atomic mass is 35.5. The normalized spacial score (nSPS) is 18.4. The predicted molar refractivity (Wildman–Crippen MR) is 78.4 cm³/mol. The van der Waals surface area contributed by atoms with Crippen LogP contribution in [0.3, 0.4) is 0 Å². The summed E-state index contributed by atoms with van der Waals surface area (Å²) in [6.45, 7) is 5.29. The van der Waals surface area contributed by atoms with E-state index in [9.17, 15) is 4.79 Å². The van der Waals surface area contributed by atoms with Crippen LogP contribution < -0.4 is 4.74 Å². The molecule has 0 saturated carbocycles. The van der Waals surface area contributed by atoms with E-state index in [2.05, 4.69) is 0 Å². The zero-order valence-electron chi connectivity index (χ0n) is 12.1. The van der Waals surface area contributed by atoms with Crippen molar-refractivity contribution in [2.75, 3.05) is 26.8 Å². The van der Waals surface area contributed by atoms with Crippen molar-refractivity contribution in [3.8, 4) is 5.75 Å². The van der Waals surface area contributed by atoms with Crippen molar-refractivity contribution in [3.05, 3.63) is 28.3 Å². The number of ether oxygens (including phenoxy) is 2. The molecular formula is C15H20ClNO3. The van der Waals surface area contributed by atoms with Crippen molar-refractivity contribution in [1.82, 2.24) is 4.90 Å². The average molecular weight is 298 g/mol. The van der Waals surface area contributed by atoms with Crippen LogP contribution in [0.25, 0.3) is 0 Å². The van der Waals surface area contributed by atoms with Gasteiger partial charge >= 0.3 is 0 Å². The maximum atomic E-state index is 12.0. The first-order chi connectivity index (χ1) is 9.51. The second kappa shape index (κ2) is 6.46. The van der Waals surface area contributed by atoms with Crippen LogP contribution in [0.15, 0.2) is 12.1 Å². The fourth-order valence-electron chi connectivity index (χ4n) is 2.37. The van der Waals surface area contributed by atoms with Gasteiger partial charge in [0.05, 0.1) is 6.10 Å². The van der Waals surface area contributed by atoms with Gasteiger partial charge in [-0.2, -0.15) is 0 Å². The number of likely N-dealkylation sites (tertiary alicyclic amines) is 1. The van der Waals surface area contributed by atoms with Gasteiger partial charge in [-0.05, 0) is 43.5 Å². The molecule has 4 nitrogen and oxygen atoms in total. The first-order valence-electron chi connectivity index (χ1n) is 6.71. The number of carbonyl (C=O) groups is 1. The summed E-state index contributed by atoms with van der Waals surface area (Å²) in [4.78, 5) is 13.8. The van der Waals surface area contributed by atoms with E-state index < -0.39 is 0 Å². The third-order valence-electron chi connectivity index (χ3n) is 3.60. The molecule has 0 N–H and O–H groups in total. The lowest BCUT2D eigenvalue weighted by molar-refractivity contribution is -0.132. The minimum Gasteiger partial charge on any atom is -0.484 e. The second-order valence-electron chi connectivity index (χ2n) is 5.15. The fourth-order valence-corrected chi connectivity index (χ4v) is 2.48. The maximum Gasteiger partial charge on any atom is 0.260 e. The number of nitrogens with zero attached hydrogens (tertiary/aromatic N) is 1. The Morgan fingerprint density at radius 2 is 2.05 bits per heavy atom. The lowest BCUT2D eigenvalue weighted by Crippen LogP contribution is -2.33. The van der Waals surface area contributed by atoms with Gasteiger partial charge in [-0.1, -0.05) is 11.6 Å². The van der Waals surface area contributed by atoms with Crippen molar-refractivity contribution in [2.24, 2.45) is 0 Å². The first-order valence-corrected chi connectivity index (χ1v) is 7.09. The second-order valence-corrected chi connectivity index (χ2v) is 5.52. The van der Waals surface area contributed by atoms with Crippen LogP contribution in [0, 0.1) is 13.8 Å². The van der Waals surface area contributed by atoms with Crippen molar-refractivity contribution in [3.63, 3.8) is 0 Å². The van der Waals surface area contributed by atoms with Gasteiger partial charge in [0.25, 0.3) is 5.91 Å². The molecule has 0 aromatic heterocycles. The molecule has 2 rings (SSSR count). The van der Waals surface area contributed by atoms with Crippen LogP contribution in [-0.2, 0) is 9.53 Å². The third-order valence-corrected chi connectivity index (χ3v) is 4.20. The number of hydrogen-bond donors (Lipinski definition) is 0. The smallest absolute Gasteiger partial charge is 0.260 e. The number of methoxy groups -OCH3 is 1. The van der Waals surface area contributed by atoms with Crippen LogP contribution in [0.4, 0.5) is 0 Å². The van der Waals surface area contributed by atoms with E-state index in [1.54, 1.807) is 12.0 Å². The molecule has 1 atom stereocenters. The van der Waals surface area contributed by atoms with Crippen LogP contribution in [0.5, 0.6) is 5.75 Å². The summed E-state index contributed by atoms with van der Waals surface area (Å²) < 4.78 is 10.8. The Balaban J connectivity index is 1.91. The largest absolute Gasteiger partial charge is 0.484 e. The molecular weight excluding hydrogens is 278 g/mol. The minimum absolute atomic E-state index is 0.00481. The molecule has 20 heavy (non-hydrogen) atoms. The van der Waals surface area contributed by atoms with Crippen molar-refractivity contribution in [1.29, 1.82) is 0 Å². The summed E-state index contributed by atoms with van der Waals surface area (Å²) in [6.07, 6.45) is 1.04. The SMILES string of the molecule is COC1CCN(C(=O)COc2cc(C)c(Cl)c(C)c2)C1. The van der Waals surface area contributed by atoms with E-state index in [0.29, 0.717) is 12.3 Å². The highest BCUT2D eigenvalue weighted by Crippen LogP contribution is 2.26. The number of halogens is 1. The lowest BCUT2D eigenvalue weighted by Gasteiger charge is -2.17. The quantitative estimate of drug-likeness (QED) is 0.857. The molecule has 1 heterocycles. The lowest BCUT2D eigenvalue weighted by atomic mass is 10.1. The zero-order chi connectivity index (χ0) is 14.7. The molecule has 1 fully saturated rings. The van der Waals surface area contributed by atoms with Gasteiger partial charge in [0.2, 0.25) is 0 Å². The van der Waals surface area contributed by atoms with Crippen molar-refractivity contribution < 1.29 is 14.3 Å². The summed E-state index contributed by atoms with van der Waals surface area (Å²) >= 11 is 6.10. The number of carbonyl (C=O) groups excluding carboxylic acids is 1. The molecule has 1 aromatic carbocycles. The van der Waals surface area contributed by atoms with E-state index in [0.717, 1.165) is 29.1 Å². The molecule has 1 unspecified atom stereocenters. The van der Waals surface area contributed by atoms with Gasteiger partial charge in [0, 0.05) is 25.2 Å². The number of hydrogen-bond acceptors (Lipinski definition) is 3. The third kappa shape index (κ3) is 3.44.